The first-order chi connectivity index (χ1) is 7.27. The van der Waals surface area contributed by atoms with Gasteiger partial charge in [-0.3, -0.25) is 0 Å². The van der Waals surface area contributed by atoms with Crippen LogP contribution in [-0.2, 0) is 0 Å². The summed E-state index contributed by atoms with van der Waals surface area (Å²) in [5.41, 5.74) is 4.04. The first-order valence-electron chi connectivity index (χ1n) is 4.75. The molecule has 0 heterocycles. The minimum Gasteiger partial charge on any atom is -0.0722 e. The standard InChI is InChI=1S/C13H10I2/c14-13(15)12-8-6-11(7-9-12)10-4-2-1-3-5-10/h1-8H,9H2. The Morgan fingerprint density at radius 1 is 1.00 bits per heavy atom. The average molecular weight is 420 g/mol. The number of allylic oxidation sites excluding steroid dienone is 5. The normalized spacial score (nSPS) is 15.1. The molecule has 0 spiro atoms. The molecule has 0 bridgehead atoms. The quantitative estimate of drug-likeness (QED) is 0.555. The van der Waals surface area contributed by atoms with Crippen LogP contribution in [0.25, 0.3) is 5.57 Å². The molecule has 0 N–H and O–H groups in total. The first kappa shape index (κ1) is 11.4. The smallest absolute Gasteiger partial charge is 0.0549 e. The third-order valence-corrected chi connectivity index (χ3v) is 3.74. The van der Waals surface area contributed by atoms with Crippen LogP contribution in [0.15, 0.2) is 55.7 Å². The van der Waals surface area contributed by atoms with Gasteiger partial charge in [-0.2, -0.15) is 0 Å². The topological polar surface area (TPSA) is 0 Å². The maximum atomic E-state index is 2.37. The number of benzene rings is 1. The van der Waals surface area contributed by atoms with Gasteiger partial charge in [-0.25, -0.2) is 0 Å². The largest absolute Gasteiger partial charge is 0.0722 e. The molecule has 0 unspecified atom stereocenters. The van der Waals surface area contributed by atoms with E-state index in [1.807, 2.05) is 0 Å². The van der Waals surface area contributed by atoms with Crippen molar-refractivity contribution in [3.05, 3.63) is 61.3 Å². The second-order valence-corrected chi connectivity index (χ2v) is 7.57. The molecular formula is C13H10I2. The minimum atomic E-state index is 1.04. The summed E-state index contributed by atoms with van der Waals surface area (Å²) in [4.78, 5) is 0. The van der Waals surface area contributed by atoms with Crippen molar-refractivity contribution in [3.63, 3.8) is 0 Å². The Labute approximate surface area is 117 Å². The molecule has 1 aromatic rings. The predicted octanol–water partition coefficient (Wildman–Crippen LogP) is 5.11. The van der Waals surface area contributed by atoms with E-state index >= 15 is 0 Å². The highest BCUT2D eigenvalue weighted by Crippen LogP contribution is 2.30. The molecule has 0 saturated carbocycles. The minimum absolute atomic E-state index is 1.04. The Morgan fingerprint density at radius 2 is 1.73 bits per heavy atom. The third-order valence-electron chi connectivity index (χ3n) is 2.36. The third kappa shape index (κ3) is 2.93. The summed E-state index contributed by atoms with van der Waals surface area (Å²) >= 11 is 4.74. The molecule has 1 aliphatic rings. The van der Waals surface area contributed by atoms with Crippen LogP contribution in [0.1, 0.15) is 12.0 Å². The van der Waals surface area contributed by atoms with Gasteiger partial charge < -0.3 is 0 Å². The fourth-order valence-corrected chi connectivity index (χ4v) is 2.33. The van der Waals surface area contributed by atoms with E-state index in [2.05, 4.69) is 93.7 Å². The number of hydrogen-bond donors (Lipinski definition) is 0. The van der Waals surface area contributed by atoms with Crippen LogP contribution in [-0.4, -0.2) is 0 Å². The van der Waals surface area contributed by atoms with Crippen molar-refractivity contribution in [1.29, 1.82) is 0 Å². The van der Waals surface area contributed by atoms with Crippen molar-refractivity contribution in [2.45, 2.75) is 6.42 Å². The monoisotopic (exact) mass is 420 g/mol. The van der Waals surface area contributed by atoms with E-state index in [-0.39, 0.29) is 0 Å². The van der Waals surface area contributed by atoms with Crippen LogP contribution in [0.3, 0.4) is 0 Å². The highest BCUT2D eigenvalue weighted by Gasteiger charge is 2.04. The van der Waals surface area contributed by atoms with E-state index in [0.717, 1.165) is 6.42 Å². The highest BCUT2D eigenvalue weighted by molar-refractivity contribution is 14.2. The number of halogens is 2. The molecule has 0 nitrogen and oxygen atoms in total. The van der Waals surface area contributed by atoms with E-state index < -0.39 is 0 Å². The van der Waals surface area contributed by atoms with Gasteiger partial charge >= 0.3 is 0 Å². The molecule has 0 saturated heterocycles. The van der Waals surface area contributed by atoms with E-state index in [9.17, 15) is 0 Å². The van der Waals surface area contributed by atoms with Crippen LogP contribution in [0.5, 0.6) is 0 Å². The highest BCUT2D eigenvalue weighted by atomic mass is 127. The predicted molar refractivity (Wildman–Crippen MR) is 83.2 cm³/mol. The van der Waals surface area contributed by atoms with E-state index in [0.29, 0.717) is 0 Å². The van der Waals surface area contributed by atoms with Crippen LogP contribution in [0, 0.1) is 0 Å². The molecule has 2 rings (SSSR count). The van der Waals surface area contributed by atoms with Crippen molar-refractivity contribution >= 4 is 50.8 Å². The van der Waals surface area contributed by atoms with Gasteiger partial charge in [-0.15, -0.1) is 0 Å². The Balaban J connectivity index is 2.24. The van der Waals surface area contributed by atoms with Crippen LogP contribution >= 0.6 is 45.2 Å². The molecule has 2 heteroatoms. The van der Waals surface area contributed by atoms with Crippen molar-refractivity contribution in [2.24, 2.45) is 0 Å². The van der Waals surface area contributed by atoms with Gasteiger partial charge in [-0.05, 0) is 68.3 Å². The molecule has 0 fully saturated rings. The SMILES string of the molecule is IC(I)=C1C=CC(c2ccccc2)=CC1. The second kappa shape index (κ2) is 5.30. The Hall–Kier alpha value is -0.1000. The molecule has 76 valence electrons. The summed E-state index contributed by atoms with van der Waals surface area (Å²) in [6.45, 7) is 0. The average Bonchev–Trinajstić information content (AvgIpc) is 2.30. The second-order valence-electron chi connectivity index (χ2n) is 3.35. The zero-order valence-corrected chi connectivity index (χ0v) is 12.4. The van der Waals surface area contributed by atoms with Gasteiger partial charge in [0.1, 0.15) is 0 Å². The molecule has 0 amide bonds. The zero-order valence-electron chi connectivity index (χ0n) is 8.08. The van der Waals surface area contributed by atoms with Crippen LogP contribution in [0.4, 0.5) is 0 Å². The number of hydrogen-bond acceptors (Lipinski definition) is 0. The summed E-state index contributed by atoms with van der Waals surface area (Å²) in [5.74, 6) is 0. The van der Waals surface area contributed by atoms with Gasteiger partial charge in [0.2, 0.25) is 0 Å². The molecule has 1 aliphatic carbocycles. The summed E-state index contributed by atoms with van der Waals surface area (Å²) in [6.07, 6.45) is 7.76. The van der Waals surface area contributed by atoms with E-state index in [1.54, 1.807) is 0 Å². The molecule has 15 heavy (non-hydrogen) atoms. The van der Waals surface area contributed by atoms with Gasteiger partial charge in [0.25, 0.3) is 0 Å². The Bertz CT molecular complexity index is 435. The summed E-state index contributed by atoms with van der Waals surface area (Å²) in [5, 5.41) is 0. The molecule has 0 aromatic heterocycles. The lowest BCUT2D eigenvalue weighted by Gasteiger charge is -2.09. The van der Waals surface area contributed by atoms with Crippen molar-refractivity contribution in [2.75, 3.05) is 0 Å². The fourth-order valence-electron chi connectivity index (χ4n) is 1.53. The molecule has 0 atom stereocenters. The lowest BCUT2D eigenvalue weighted by atomic mass is 9.98. The zero-order chi connectivity index (χ0) is 10.7. The van der Waals surface area contributed by atoms with Gasteiger partial charge in [0, 0.05) is 0 Å². The van der Waals surface area contributed by atoms with Crippen molar-refractivity contribution in [1.82, 2.24) is 0 Å². The molecule has 0 radical (unpaired) electrons. The maximum absolute atomic E-state index is 2.37. The molecule has 0 aliphatic heterocycles. The van der Waals surface area contributed by atoms with E-state index in [1.165, 1.54) is 18.3 Å². The maximum Gasteiger partial charge on any atom is 0.0549 e. The van der Waals surface area contributed by atoms with Crippen molar-refractivity contribution in [3.8, 4) is 0 Å². The van der Waals surface area contributed by atoms with Gasteiger partial charge in [0.05, 0.1) is 1.59 Å². The van der Waals surface area contributed by atoms with Crippen LogP contribution in [0.2, 0.25) is 0 Å². The van der Waals surface area contributed by atoms with E-state index in [4.69, 9.17) is 0 Å². The fraction of sp³-hybridized carbons (Fsp3) is 0.0769. The summed E-state index contributed by atoms with van der Waals surface area (Å²) in [6, 6.07) is 10.5. The summed E-state index contributed by atoms with van der Waals surface area (Å²) in [7, 11) is 0. The van der Waals surface area contributed by atoms with Gasteiger partial charge in [-0.1, -0.05) is 48.6 Å². The first-order valence-corrected chi connectivity index (χ1v) is 6.91. The Kier molecular flexibility index (Phi) is 4.02. The lowest BCUT2D eigenvalue weighted by molar-refractivity contribution is 1.28. The lowest BCUT2D eigenvalue weighted by Crippen LogP contribution is -1.88. The van der Waals surface area contributed by atoms with Crippen LogP contribution < -0.4 is 0 Å². The van der Waals surface area contributed by atoms with Crippen molar-refractivity contribution < 1.29 is 0 Å². The van der Waals surface area contributed by atoms with Gasteiger partial charge in [0.15, 0.2) is 0 Å². The number of rotatable bonds is 1. The molecule has 1 aromatic carbocycles. The Morgan fingerprint density at radius 3 is 2.27 bits per heavy atom. The summed E-state index contributed by atoms with van der Waals surface area (Å²) < 4.78 is 1.35. The molecular weight excluding hydrogens is 410 g/mol.